The van der Waals surface area contributed by atoms with Crippen LogP contribution in [0.4, 0.5) is 0 Å². The number of hydrogen-bond acceptors (Lipinski definition) is 4. The molecular weight excluding hydrogens is 316 g/mol. The second-order valence-electron chi connectivity index (χ2n) is 7.25. The Labute approximate surface area is 156 Å². The highest BCUT2D eigenvalue weighted by Gasteiger charge is 2.41. The van der Waals surface area contributed by atoms with E-state index in [4.69, 9.17) is 14.2 Å². The van der Waals surface area contributed by atoms with Crippen LogP contribution in [0.3, 0.4) is 0 Å². The van der Waals surface area contributed by atoms with E-state index in [1.807, 2.05) is 27.7 Å². The van der Waals surface area contributed by atoms with Gasteiger partial charge >= 0.3 is 5.97 Å². The van der Waals surface area contributed by atoms with Gasteiger partial charge in [0.25, 0.3) is 0 Å². The molecule has 0 N–H and O–H groups in total. The molecule has 0 heterocycles. The van der Waals surface area contributed by atoms with Gasteiger partial charge in [-0.1, -0.05) is 27.7 Å². The quantitative estimate of drug-likeness (QED) is 0.608. The minimum absolute atomic E-state index is 0.0297. The van der Waals surface area contributed by atoms with Crippen LogP contribution in [0, 0.1) is 0 Å². The van der Waals surface area contributed by atoms with E-state index in [0.29, 0.717) is 6.10 Å². The van der Waals surface area contributed by atoms with E-state index in [9.17, 15) is 4.79 Å². The lowest BCUT2D eigenvalue weighted by Crippen LogP contribution is -2.46. The molecule has 2 rings (SSSR count). The second-order valence-corrected chi connectivity index (χ2v) is 7.25. The van der Waals surface area contributed by atoms with Gasteiger partial charge in [0.15, 0.2) is 0 Å². The third-order valence-corrected chi connectivity index (χ3v) is 5.14. The Morgan fingerprint density at radius 2 is 1.16 bits per heavy atom. The van der Waals surface area contributed by atoms with Crippen molar-refractivity contribution in [1.82, 2.24) is 0 Å². The third-order valence-electron chi connectivity index (χ3n) is 5.14. The van der Waals surface area contributed by atoms with E-state index in [0.717, 1.165) is 51.4 Å². The first-order chi connectivity index (χ1) is 11.8. The highest BCUT2D eigenvalue weighted by atomic mass is 16.5. The van der Waals surface area contributed by atoms with E-state index in [-0.39, 0.29) is 23.3 Å². The molecule has 25 heavy (non-hydrogen) atoms. The molecule has 2 fully saturated rings. The van der Waals surface area contributed by atoms with Crippen molar-refractivity contribution >= 4 is 5.97 Å². The monoisotopic (exact) mass is 358 g/mol. The molecule has 4 heteroatoms. The Morgan fingerprint density at radius 1 is 0.800 bits per heavy atom. The minimum atomic E-state index is -0.172. The predicted molar refractivity (Wildman–Crippen MR) is 104 cm³/mol. The molecule has 0 unspecified atom stereocenters. The van der Waals surface area contributed by atoms with Crippen LogP contribution in [0.25, 0.3) is 0 Å². The van der Waals surface area contributed by atoms with Crippen molar-refractivity contribution in [1.29, 1.82) is 0 Å². The van der Waals surface area contributed by atoms with Crippen molar-refractivity contribution < 1.29 is 19.0 Å². The lowest BCUT2D eigenvalue weighted by Gasteiger charge is -2.46. The summed E-state index contributed by atoms with van der Waals surface area (Å²) >= 11 is 0. The van der Waals surface area contributed by atoms with Crippen LogP contribution in [-0.4, -0.2) is 36.5 Å². The number of ether oxygens (including phenoxy) is 3. The fourth-order valence-electron chi connectivity index (χ4n) is 3.79. The van der Waals surface area contributed by atoms with Crippen LogP contribution in [-0.2, 0) is 19.0 Å². The Bertz CT molecular complexity index is 351. The average molecular weight is 359 g/mol. The van der Waals surface area contributed by atoms with Crippen LogP contribution < -0.4 is 0 Å². The molecule has 4 nitrogen and oxygen atoms in total. The van der Waals surface area contributed by atoms with Crippen molar-refractivity contribution in [2.75, 3.05) is 7.11 Å². The molecule has 2 saturated carbocycles. The maximum absolute atomic E-state index is 11.0. The summed E-state index contributed by atoms with van der Waals surface area (Å²) in [5.74, 6) is -0.172. The number of carbonyl (C=O) groups excluding carboxylic acids is 1. The van der Waals surface area contributed by atoms with E-state index < -0.39 is 0 Å². The first-order valence-electron chi connectivity index (χ1n) is 10.2. The summed E-state index contributed by atoms with van der Waals surface area (Å²) in [5.41, 5.74) is -0.108. The molecule has 0 amide bonds. The van der Waals surface area contributed by atoms with Gasteiger partial charge in [0.05, 0.1) is 17.3 Å². The molecule has 0 bridgehead atoms. The molecule has 0 aromatic rings. The number of hydrogen-bond donors (Lipinski definition) is 0. The molecule has 0 aromatic heterocycles. The van der Waals surface area contributed by atoms with Gasteiger partial charge in [-0.05, 0) is 65.2 Å². The third kappa shape index (κ3) is 8.54. The zero-order valence-electron chi connectivity index (χ0n) is 17.9. The molecule has 0 spiro atoms. The number of methoxy groups -OCH3 is 1. The topological polar surface area (TPSA) is 44.8 Å². The fraction of sp³-hybridized carbons (Fsp3) is 0.952. The molecule has 0 aromatic carbocycles. The smallest absolute Gasteiger partial charge is 0.302 e. The molecule has 2 aliphatic carbocycles. The maximum atomic E-state index is 11.0. The lowest BCUT2D eigenvalue weighted by molar-refractivity contribution is -0.187. The van der Waals surface area contributed by atoms with Crippen molar-refractivity contribution in [2.24, 2.45) is 0 Å². The summed E-state index contributed by atoms with van der Waals surface area (Å²) < 4.78 is 17.3. The van der Waals surface area contributed by atoms with Gasteiger partial charge in [-0.2, -0.15) is 0 Å². The summed E-state index contributed by atoms with van der Waals surface area (Å²) in [6.07, 6.45) is 8.52. The van der Waals surface area contributed by atoms with Gasteiger partial charge in [-0.25, -0.2) is 0 Å². The van der Waals surface area contributed by atoms with Gasteiger partial charge < -0.3 is 14.2 Å². The summed E-state index contributed by atoms with van der Waals surface area (Å²) in [4.78, 5) is 11.0. The minimum Gasteiger partial charge on any atom is -0.463 e. The predicted octanol–water partition coefficient (Wildman–Crippen LogP) is 5.67. The molecule has 0 atom stereocenters. The number of rotatable bonds is 4. The van der Waals surface area contributed by atoms with Gasteiger partial charge in [-0.15, -0.1) is 0 Å². The summed E-state index contributed by atoms with van der Waals surface area (Å²) in [5, 5.41) is 0. The molecule has 0 radical (unpaired) electrons. The van der Waals surface area contributed by atoms with E-state index in [1.165, 1.54) is 6.92 Å². The highest BCUT2D eigenvalue weighted by Crippen LogP contribution is 2.41. The molecular formula is C21H42O4. The van der Waals surface area contributed by atoms with Crippen LogP contribution in [0.2, 0.25) is 0 Å². The fourth-order valence-corrected chi connectivity index (χ4v) is 3.79. The zero-order chi connectivity index (χ0) is 19.5. The first-order valence-corrected chi connectivity index (χ1v) is 10.2. The largest absolute Gasteiger partial charge is 0.463 e. The van der Waals surface area contributed by atoms with Crippen molar-refractivity contribution in [3.8, 4) is 0 Å². The standard InChI is InChI=1S/C17H30O4.2C2H6/c1-13(18)20-15-7-11-17(3,12-8-15)21-16(2)9-5-14(19-4)6-10-16;2*1-2/h14-15H,5-12H2,1-4H3;2*1-2H3. The first kappa shape index (κ1) is 24.4. The van der Waals surface area contributed by atoms with Crippen molar-refractivity contribution in [2.45, 2.75) is 123 Å². The molecule has 2 aliphatic rings. The summed E-state index contributed by atoms with van der Waals surface area (Å²) in [7, 11) is 1.80. The zero-order valence-corrected chi connectivity index (χ0v) is 17.9. The Hall–Kier alpha value is -0.610. The van der Waals surface area contributed by atoms with Crippen LogP contribution in [0.1, 0.15) is 99.8 Å². The van der Waals surface area contributed by atoms with E-state index in [1.54, 1.807) is 7.11 Å². The Balaban J connectivity index is 0.00000134. The van der Waals surface area contributed by atoms with Crippen molar-refractivity contribution in [3.05, 3.63) is 0 Å². The van der Waals surface area contributed by atoms with Crippen LogP contribution >= 0.6 is 0 Å². The van der Waals surface area contributed by atoms with E-state index >= 15 is 0 Å². The lowest BCUT2D eigenvalue weighted by atomic mass is 9.80. The Kier molecular flexibility index (Phi) is 11.6. The van der Waals surface area contributed by atoms with Gasteiger partial charge in [-0.3, -0.25) is 4.79 Å². The number of carbonyl (C=O) groups is 1. The summed E-state index contributed by atoms with van der Waals surface area (Å²) in [6, 6.07) is 0. The van der Waals surface area contributed by atoms with Gasteiger partial charge in [0.2, 0.25) is 0 Å². The van der Waals surface area contributed by atoms with Gasteiger partial charge in [0.1, 0.15) is 6.10 Å². The van der Waals surface area contributed by atoms with Crippen molar-refractivity contribution in [3.63, 3.8) is 0 Å². The molecule has 150 valence electrons. The average Bonchev–Trinajstić information content (AvgIpc) is 2.61. The molecule has 0 saturated heterocycles. The van der Waals surface area contributed by atoms with Crippen LogP contribution in [0.5, 0.6) is 0 Å². The summed E-state index contributed by atoms with van der Waals surface area (Å²) in [6.45, 7) is 13.9. The highest BCUT2D eigenvalue weighted by molar-refractivity contribution is 5.66. The maximum Gasteiger partial charge on any atom is 0.302 e. The normalized spacial score (nSPS) is 34.7. The SMILES string of the molecule is CC.CC.COC1CCC(C)(OC2(C)CCC(OC(C)=O)CC2)CC1. The van der Waals surface area contributed by atoms with Crippen LogP contribution in [0.15, 0.2) is 0 Å². The van der Waals surface area contributed by atoms with E-state index in [2.05, 4.69) is 13.8 Å². The Morgan fingerprint density at radius 3 is 1.48 bits per heavy atom. The number of esters is 1. The second kappa shape index (κ2) is 11.9. The van der Waals surface area contributed by atoms with Gasteiger partial charge in [0, 0.05) is 14.0 Å². The molecule has 0 aliphatic heterocycles.